The number of hydrogen-bond donors (Lipinski definition) is 3. The van der Waals surface area contributed by atoms with Gasteiger partial charge in [-0.2, -0.15) is 0 Å². The van der Waals surface area contributed by atoms with E-state index in [1.807, 2.05) is 0 Å². The Hall–Kier alpha value is -2.06. The second-order valence-corrected chi connectivity index (χ2v) is 4.02. The summed E-state index contributed by atoms with van der Waals surface area (Å²) in [6, 6.07) is 3.84. The zero-order chi connectivity index (χ0) is 13.0. The first kappa shape index (κ1) is 12.4. The first-order valence-electron chi connectivity index (χ1n) is 5.66. The molecule has 0 aliphatic heterocycles. The van der Waals surface area contributed by atoms with E-state index in [0.717, 1.165) is 12.8 Å². The summed E-state index contributed by atoms with van der Waals surface area (Å²) in [5.74, 6) is 4.58. The summed E-state index contributed by atoms with van der Waals surface area (Å²) < 4.78 is 13.1. The number of rotatable bonds is 2. The third kappa shape index (κ3) is 3.47. The molecule has 1 aromatic carbocycles. The fourth-order valence-electron chi connectivity index (χ4n) is 1.44. The topological polar surface area (TPSA) is 61.4 Å². The summed E-state index contributed by atoms with van der Waals surface area (Å²) in [6.07, 6.45) is 1.99. The molecule has 18 heavy (non-hydrogen) atoms. The van der Waals surface area contributed by atoms with Gasteiger partial charge in [0.05, 0.1) is 11.3 Å². The summed E-state index contributed by atoms with van der Waals surface area (Å²) >= 11 is 0. The molecule has 1 aliphatic carbocycles. The predicted molar refractivity (Wildman–Crippen MR) is 65.5 cm³/mol. The Morgan fingerprint density at radius 3 is 2.94 bits per heavy atom. The Kier molecular flexibility index (Phi) is 3.80. The van der Waals surface area contributed by atoms with E-state index in [2.05, 4.69) is 22.5 Å². The van der Waals surface area contributed by atoms with Crippen molar-refractivity contribution in [1.82, 2.24) is 5.32 Å². The number of aliphatic hydroxyl groups excluding tert-OH is 1. The van der Waals surface area contributed by atoms with Gasteiger partial charge in [-0.05, 0) is 31.0 Å². The van der Waals surface area contributed by atoms with E-state index < -0.39 is 5.82 Å². The van der Waals surface area contributed by atoms with Crippen molar-refractivity contribution < 1.29 is 14.3 Å². The number of hydrogen-bond acceptors (Lipinski definition) is 2. The van der Waals surface area contributed by atoms with Gasteiger partial charge >= 0.3 is 6.03 Å². The number of urea groups is 1. The fourth-order valence-corrected chi connectivity index (χ4v) is 1.44. The zero-order valence-corrected chi connectivity index (χ0v) is 9.66. The van der Waals surface area contributed by atoms with Crippen molar-refractivity contribution in [3.8, 4) is 11.8 Å². The molecule has 4 nitrogen and oxygen atoms in total. The van der Waals surface area contributed by atoms with Crippen LogP contribution >= 0.6 is 0 Å². The molecule has 0 spiro atoms. The molecular weight excluding hydrogens is 235 g/mol. The van der Waals surface area contributed by atoms with Gasteiger partial charge < -0.3 is 15.7 Å². The highest BCUT2D eigenvalue weighted by atomic mass is 19.1. The van der Waals surface area contributed by atoms with Crippen LogP contribution in [0.1, 0.15) is 18.4 Å². The Balaban J connectivity index is 2.12. The zero-order valence-electron chi connectivity index (χ0n) is 9.66. The van der Waals surface area contributed by atoms with E-state index in [-0.39, 0.29) is 18.7 Å². The van der Waals surface area contributed by atoms with Gasteiger partial charge in [-0.25, -0.2) is 9.18 Å². The Morgan fingerprint density at radius 2 is 2.28 bits per heavy atom. The third-order valence-corrected chi connectivity index (χ3v) is 2.44. The van der Waals surface area contributed by atoms with Gasteiger partial charge in [0.1, 0.15) is 12.4 Å². The van der Waals surface area contributed by atoms with Crippen molar-refractivity contribution in [3.63, 3.8) is 0 Å². The molecule has 1 fully saturated rings. The smallest absolute Gasteiger partial charge is 0.319 e. The minimum absolute atomic E-state index is 0.248. The van der Waals surface area contributed by atoms with Crippen LogP contribution in [0.15, 0.2) is 18.2 Å². The number of anilines is 1. The first-order chi connectivity index (χ1) is 8.69. The Labute approximate surface area is 104 Å². The Morgan fingerprint density at radius 1 is 1.50 bits per heavy atom. The molecule has 0 unspecified atom stereocenters. The van der Waals surface area contributed by atoms with Gasteiger partial charge in [0.15, 0.2) is 0 Å². The summed E-state index contributed by atoms with van der Waals surface area (Å²) in [5, 5.41) is 14.0. The van der Waals surface area contributed by atoms with Crippen LogP contribution in [0.4, 0.5) is 14.9 Å². The molecule has 2 rings (SSSR count). The van der Waals surface area contributed by atoms with Crippen LogP contribution < -0.4 is 10.6 Å². The summed E-state index contributed by atoms with van der Waals surface area (Å²) in [6.45, 7) is -0.315. The van der Waals surface area contributed by atoms with Gasteiger partial charge in [-0.1, -0.05) is 11.8 Å². The second-order valence-electron chi connectivity index (χ2n) is 4.02. The lowest BCUT2D eigenvalue weighted by atomic mass is 10.1. The van der Waals surface area contributed by atoms with Gasteiger partial charge in [-0.15, -0.1) is 0 Å². The number of carbonyl (C=O) groups is 1. The molecule has 0 heterocycles. The lowest BCUT2D eigenvalue weighted by molar-refractivity contribution is 0.251. The van der Waals surface area contributed by atoms with Crippen molar-refractivity contribution in [1.29, 1.82) is 0 Å². The molecule has 1 aliphatic rings. The number of benzene rings is 1. The van der Waals surface area contributed by atoms with Crippen LogP contribution in [0.5, 0.6) is 0 Å². The maximum absolute atomic E-state index is 13.1. The minimum Gasteiger partial charge on any atom is -0.384 e. The van der Waals surface area contributed by atoms with Gasteiger partial charge in [0.25, 0.3) is 0 Å². The minimum atomic E-state index is -0.439. The molecule has 0 radical (unpaired) electrons. The first-order valence-corrected chi connectivity index (χ1v) is 5.66. The molecule has 1 saturated carbocycles. The largest absolute Gasteiger partial charge is 0.384 e. The van der Waals surface area contributed by atoms with Crippen LogP contribution in [-0.2, 0) is 0 Å². The molecule has 0 atom stereocenters. The van der Waals surface area contributed by atoms with E-state index in [0.29, 0.717) is 11.3 Å². The van der Waals surface area contributed by atoms with E-state index in [4.69, 9.17) is 5.11 Å². The molecule has 0 bridgehead atoms. The van der Waals surface area contributed by atoms with Crippen molar-refractivity contribution in [2.75, 3.05) is 11.9 Å². The maximum Gasteiger partial charge on any atom is 0.319 e. The highest BCUT2D eigenvalue weighted by Crippen LogP contribution is 2.20. The highest BCUT2D eigenvalue weighted by molar-refractivity contribution is 5.91. The van der Waals surface area contributed by atoms with Crippen molar-refractivity contribution >= 4 is 11.7 Å². The predicted octanol–water partition coefficient (Wildman–Crippen LogP) is 1.45. The lowest BCUT2D eigenvalue weighted by Gasteiger charge is -2.08. The maximum atomic E-state index is 13.1. The van der Waals surface area contributed by atoms with Crippen LogP contribution in [0.25, 0.3) is 0 Å². The fraction of sp³-hybridized carbons (Fsp3) is 0.308. The third-order valence-electron chi connectivity index (χ3n) is 2.44. The monoisotopic (exact) mass is 248 g/mol. The van der Waals surface area contributed by atoms with Crippen molar-refractivity contribution in [2.24, 2.45) is 0 Å². The van der Waals surface area contributed by atoms with Gasteiger partial charge in [0.2, 0.25) is 0 Å². The average molecular weight is 248 g/mol. The Bertz CT molecular complexity index is 515. The lowest BCUT2D eigenvalue weighted by Crippen LogP contribution is -2.30. The number of aliphatic hydroxyl groups is 1. The SMILES string of the molecule is O=C(Nc1ccc(F)cc1C#CCO)NC1CC1. The van der Waals surface area contributed by atoms with E-state index in [9.17, 15) is 9.18 Å². The number of carbonyl (C=O) groups excluding carboxylic acids is 1. The molecule has 1 aromatic rings. The van der Waals surface area contributed by atoms with Gasteiger partial charge in [0, 0.05) is 6.04 Å². The van der Waals surface area contributed by atoms with Crippen LogP contribution in [0.3, 0.4) is 0 Å². The quantitative estimate of drug-likeness (QED) is 0.694. The number of nitrogens with one attached hydrogen (secondary N) is 2. The summed E-state index contributed by atoms with van der Waals surface area (Å²) in [4.78, 5) is 11.6. The molecule has 3 N–H and O–H groups in total. The highest BCUT2D eigenvalue weighted by Gasteiger charge is 2.23. The van der Waals surface area contributed by atoms with Crippen molar-refractivity contribution in [2.45, 2.75) is 18.9 Å². The molecular formula is C13H13FN2O2. The van der Waals surface area contributed by atoms with E-state index in [1.165, 1.54) is 18.2 Å². The average Bonchev–Trinajstić information content (AvgIpc) is 3.13. The van der Waals surface area contributed by atoms with Crippen LogP contribution in [0.2, 0.25) is 0 Å². The normalized spacial score (nSPS) is 13.4. The molecule has 0 saturated heterocycles. The van der Waals surface area contributed by atoms with Crippen LogP contribution in [-0.4, -0.2) is 23.8 Å². The second kappa shape index (κ2) is 5.52. The number of amides is 2. The molecule has 5 heteroatoms. The summed E-state index contributed by atoms with van der Waals surface area (Å²) in [7, 11) is 0. The van der Waals surface area contributed by atoms with E-state index >= 15 is 0 Å². The number of halogens is 1. The molecule has 0 aromatic heterocycles. The van der Waals surface area contributed by atoms with Crippen LogP contribution in [0, 0.1) is 17.7 Å². The van der Waals surface area contributed by atoms with Crippen molar-refractivity contribution in [3.05, 3.63) is 29.6 Å². The molecule has 2 amide bonds. The summed E-state index contributed by atoms with van der Waals surface area (Å²) in [5.41, 5.74) is 0.769. The standard InChI is InChI=1S/C13H13FN2O2/c14-10-3-6-12(9(8-10)2-1-7-17)16-13(18)15-11-4-5-11/h3,6,8,11,17H,4-5,7H2,(H2,15,16,18). The van der Waals surface area contributed by atoms with E-state index in [1.54, 1.807) is 0 Å². The van der Waals surface area contributed by atoms with Gasteiger partial charge in [-0.3, -0.25) is 0 Å². The molecule has 94 valence electrons.